The Kier molecular flexibility index (Phi) is 6.57. The normalized spacial score (nSPS) is 24.9. The van der Waals surface area contributed by atoms with Gasteiger partial charge in [0.2, 0.25) is 11.9 Å². The van der Waals surface area contributed by atoms with Gasteiger partial charge in [-0.05, 0) is 0 Å². The number of carbonyl (C=O) groups is 1. The number of imidazole rings is 1. The molecule has 2 aromatic rings. The maximum atomic E-state index is 12.7. The zero-order valence-electron chi connectivity index (χ0n) is 16.0. The van der Waals surface area contributed by atoms with Crippen LogP contribution in [0, 0.1) is 5.92 Å². The fraction of sp³-hybridized carbons (Fsp3) is 0.647. The predicted octanol–water partition coefficient (Wildman–Crippen LogP) is -0.638. The molecule has 4 N–H and O–H groups in total. The summed E-state index contributed by atoms with van der Waals surface area (Å²) in [4.78, 5) is 35.1. The molecular formula is C17H24FN5O6. The van der Waals surface area contributed by atoms with Gasteiger partial charge < -0.3 is 24.3 Å². The zero-order chi connectivity index (χ0) is 21.1. The number of hydrogen-bond acceptors (Lipinski definition) is 8. The van der Waals surface area contributed by atoms with Crippen LogP contribution in [0.4, 0.5) is 10.3 Å². The summed E-state index contributed by atoms with van der Waals surface area (Å²) in [5.41, 5.74) is -0.389. The predicted molar refractivity (Wildman–Crippen MR) is 99.2 cm³/mol. The molecule has 0 radical (unpaired) electrons. The van der Waals surface area contributed by atoms with Gasteiger partial charge in [-0.2, -0.15) is 4.98 Å². The number of carbonyl (C=O) groups excluding carboxylic acids is 1. The Morgan fingerprint density at radius 2 is 2.31 bits per heavy atom. The highest BCUT2D eigenvalue weighted by atomic mass is 19.1. The summed E-state index contributed by atoms with van der Waals surface area (Å²) in [5.74, 6) is -0.698. The van der Waals surface area contributed by atoms with Gasteiger partial charge in [0.05, 0.1) is 32.2 Å². The van der Waals surface area contributed by atoms with Crippen LogP contribution in [-0.4, -0.2) is 80.4 Å². The molecule has 3 rings (SSSR count). The van der Waals surface area contributed by atoms with Gasteiger partial charge in [0.1, 0.15) is 25.0 Å². The van der Waals surface area contributed by atoms with Crippen molar-refractivity contribution in [3.63, 3.8) is 0 Å². The van der Waals surface area contributed by atoms with Gasteiger partial charge in [0.15, 0.2) is 11.2 Å². The average molecular weight is 413 g/mol. The van der Waals surface area contributed by atoms with Crippen LogP contribution in [-0.2, 0) is 14.3 Å². The minimum absolute atomic E-state index is 0.00681. The lowest BCUT2D eigenvalue weighted by atomic mass is 9.98. The summed E-state index contributed by atoms with van der Waals surface area (Å²) < 4.78 is 25.1. The molecule has 160 valence electrons. The van der Waals surface area contributed by atoms with Crippen molar-refractivity contribution in [3.8, 4) is 0 Å². The highest BCUT2D eigenvalue weighted by molar-refractivity contribution is 5.91. The molecule has 29 heavy (non-hydrogen) atoms. The number of nitrogens with one attached hydrogen (secondary N) is 2. The number of aliphatic hydroxyl groups excluding tert-OH is 2. The first-order chi connectivity index (χ1) is 13.9. The van der Waals surface area contributed by atoms with E-state index in [1.165, 1.54) is 10.9 Å². The molecule has 1 aliphatic rings. The van der Waals surface area contributed by atoms with E-state index in [9.17, 15) is 24.2 Å². The van der Waals surface area contributed by atoms with Crippen molar-refractivity contribution < 1.29 is 28.9 Å². The van der Waals surface area contributed by atoms with Gasteiger partial charge in [-0.15, -0.1) is 0 Å². The number of H-pyrrole nitrogens is 1. The van der Waals surface area contributed by atoms with Crippen molar-refractivity contribution in [2.24, 2.45) is 5.92 Å². The van der Waals surface area contributed by atoms with Crippen molar-refractivity contribution in [3.05, 3.63) is 16.7 Å². The van der Waals surface area contributed by atoms with Crippen molar-refractivity contribution in [1.29, 1.82) is 0 Å². The van der Waals surface area contributed by atoms with Crippen LogP contribution in [0.25, 0.3) is 11.2 Å². The maximum Gasteiger partial charge on any atom is 0.280 e. The number of fused-ring (bicyclic) bond motifs is 1. The topological polar surface area (TPSA) is 152 Å². The van der Waals surface area contributed by atoms with Crippen molar-refractivity contribution in [2.75, 3.05) is 31.8 Å². The molecule has 0 unspecified atom stereocenters. The van der Waals surface area contributed by atoms with Crippen LogP contribution < -0.4 is 10.9 Å². The summed E-state index contributed by atoms with van der Waals surface area (Å²) in [6.45, 7) is 1.95. The molecule has 4 atom stereocenters. The van der Waals surface area contributed by atoms with Crippen LogP contribution >= 0.6 is 0 Å². The first kappa shape index (κ1) is 21.3. The monoisotopic (exact) mass is 413 g/mol. The molecule has 0 spiro atoms. The van der Waals surface area contributed by atoms with Gasteiger partial charge in [-0.25, -0.2) is 9.37 Å². The van der Waals surface area contributed by atoms with Crippen LogP contribution in [0.15, 0.2) is 11.1 Å². The second-order valence-corrected chi connectivity index (χ2v) is 7.02. The second kappa shape index (κ2) is 8.95. The summed E-state index contributed by atoms with van der Waals surface area (Å²) in [6, 6.07) is -0.688. The highest BCUT2D eigenvalue weighted by Crippen LogP contribution is 2.29. The number of amides is 1. The lowest BCUT2D eigenvalue weighted by molar-refractivity contribution is -0.186. The summed E-state index contributed by atoms with van der Waals surface area (Å²) in [7, 11) is 0. The van der Waals surface area contributed by atoms with Crippen molar-refractivity contribution in [2.45, 2.75) is 38.2 Å². The third-order valence-corrected chi connectivity index (χ3v) is 4.70. The molecule has 0 aliphatic carbocycles. The smallest absolute Gasteiger partial charge is 0.280 e. The zero-order valence-corrected chi connectivity index (χ0v) is 16.0. The third kappa shape index (κ3) is 4.29. The summed E-state index contributed by atoms with van der Waals surface area (Å²) in [6.07, 6.45) is -1.70. The lowest BCUT2D eigenvalue weighted by Gasteiger charge is -2.39. The molecule has 1 aliphatic heterocycles. The van der Waals surface area contributed by atoms with Crippen LogP contribution in [0.2, 0.25) is 0 Å². The van der Waals surface area contributed by atoms with Crippen LogP contribution in [0.5, 0.6) is 0 Å². The van der Waals surface area contributed by atoms with Gasteiger partial charge in [0.25, 0.3) is 5.56 Å². The first-order valence-electron chi connectivity index (χ1n) is 9.23. The Labute approximate surface area is 164 Å². The molecule has 12 heteroatoms. The third-order valence-electron chi connectivity index (χ3n) is 4.70. The van der Waals surface area contributed by atoms with E-state index in [4.69, 9.17) is 9.47 Å². The first-order valence-corrected chi connectivity index (χ1v) is 9.23. The standard InChI is InChI=1S/C17H24FN5O6/c1-8(2)15(26)21-17-20-14-11(16(27)22-17)19-7-23(14)9-6-29-10(5-24)12(25)13(9)28-4-3-18/h7-10,12-13,24-25H,3-6H2,1-2H3,(H2,20,21,22,26,27)/t9-,10-,12-,13+/m1/s1. The number of nitrogens with zero attached hydrogens (tertiary/aromatic N) is 3. The number of halogens is 1. The fourth-order valence-electron chi connectivity index (χ4n) is 3.13. The molecule has 1 amide bonds. The van der Waals surface area contributed by atoms with Crippen molar-refractivity contribution in [1.82, 2.24) is 19.5 Å². The quantitative estimate of drug-likeness (QED) is 0.468. The Balaban J connectivity index is 1.99. The molecule has 2 aromatic heterocycles. The number of hydrogen-bond donors (Lipinski definition) is 4. The second-order valence-electron chi connectivity index (χ2n) is 7.02. The Morgan fingerprint density at radius 1 is 1.55 bits per heavy atom. The summed E-state index contributed by atoms with van der Waals surface area (Å²) >= 11 is 0. The maximum absolute atomic E-state index is 12.7. The van der Waals surface area contributed by atoms with Gasteiger partial charge in [0, 0.05) is 5.92 Å². The van der Waals surface area contributed by atoms with E-state index in [0.717, 1.165) is 0 Å². The summed E-state index contributed by atoms with van der Waals surface area (Å²) in [5, 5.41) is 22.4. The van der Waals surface area contributed by atoms with E-state index < -0.39 is 43.2 Å². The Bertz CT molecular complexity index is 915. The average Bonchev–Trinajstić information content (AvgIpc) is 3.11. The van der Waals surface area contributed by atoms with E-state index in [1.807, 2.05) is 0 Å². The number of aromatic nitrogens is 4. The molecule has 0 bridgehead atoms. The minimum atomic E-state index is -1.23. The number of anilines is 1. The molecule has 0 saturated carbocycles. The molecule has 0 aromatic carbocycles. The number of aromatic amines is 1. The van der Waals surface area contributed by atoms with Gasteiger partial charge >= 0.3 is 0 Å². The van der Waals surface area contributed by atoms with Crippen molar-refractivity contribution >= 4 is 23.0 Å². The molecule has 1 fully saturated rings. The van der Waals surface area contributed by atoms with E-state index in [2.05, 4.69) is 20.3 Å². The van der Waals surface area contributed by atoms with Gasteiger partial charge in [-0.3, -0.25) is 19.9 Å². The largest absolute Gasteiger partial charge is 0.394 e. The molecule has 3 heterocycles. The van der Waals surface area contributed by atoms with E-state index in [1.54, 1.807) is 13.8 Å². The van der Waals surface area contributed by atoms with Gasteiger partial charge in [-0.1, -0.05) is 13.8 Å². The molecular weight excluding hydrogens is 389 g/mol. The number of aliphatic hydroxyl groups is 2. The Hall–Kier alpha value is -2.41. The van der Waals surface area contributed by atoms with Crippen LogP contribution in [0.3, 0.4) is 0 Å². The highest BCUT2D eigenvalue weighted by Gasteiger charge is 2.41. The SMILES string of the molecule is CC(C)C(=O)Nc1nc2c(ncn2[C@@H]2CO[C@H](CO)[C@@H](O)[C@H]2OCCF)c(=O)[nH]1. The van der Waals surface area contributed by atoms with E-state index in [-0.39, 0.29) is 42.2 Å². The minimum Gasteiger partial charge on any atom is -0.394 e. The molecule has 11 nitrogen and oxygen atoms in total. The fourth-order valence-corrected chi connectivity index (χ4v) is 3.13. The van der Waals surface area contributed by atoms with E-state index >= 15 is 0 Å². The Morgan fingerprint density at radius 3 is 2.97 bits per heavy atom. The number of alkyl halides is 1. The van der Waals surface area contributed by atoms with Crippen LogP contribution in [0.1, 0.15) is 19.9 Å². The van der Waals surface area contributed by atoms with E-state index in [0.29, 0.717) is 0 Å². The number of ether oxygens (including phenoxy) is 2. The lowest BCUT2D eigenvalue weighted by Crippen LogP contribution is -2.53. The molecule has 1 saturated heterocycles. The number of rotatable bonds is 7.